The van der Waals surface area contributed by atoms with E-state index in [1.165, 1.54) is 6.08 Å². The third-order valence-corrected chi connectivity index (χ3v) is 4.86. The zero-order valence-corrected chi connectivity index (χ0v) is 24.5. The molecule has 1 aliphatic heterocycles. The summed E-state index contributed by atoms with van der Waals surface area (Å²) in [5, 5.41) is 3.53. The number of rotatable bonds is 12. The molecular weight excluding hydrogens is 534 g/mol. The number of Topliss-reactive ketones (excluding diaryl/α,β-unsaturated/α-hetero) is 1. The molecule has 0 aromatic rings. The summed E-state index contributed by atoms with van der Waals surface area (Å²) in [6.45, 7) is 7.89. The number of aliphatic imine (C=N–C) groups is 1. The third-order valence-electron chi connectivity index (χ3n) is 4.74. The summed E-state index contributed by atoms with van der Waals surface area (Å²) in [4.78, 5) is 17.2. The van der Waals surface area contributed by atoms with Crippen LogP contribution in [-0.4, -0.2) is 45.6 Å². The van der Waals surface area contributed by atoms with Crippen LogP contribution in [0, 0.1) is 5.92 Å². The average Bonchev–Trinajstić information content (AvgIpc) is 3.32. The van der Waals surface area contributed by atoms with E-state index in [0.29, 0.717) is 17.0 Å². The lowest BCUT2D eigenvalue weighted by Crippen LogP contribution is -2.14. The zero-order chi connectivity index (χ0) is 29.5. The molecule has 40 heavy (non-hydrogen) atoms. The van der Waals surface area contributed by atoms with Crippen LogP contribution < -0.4 is 5.32 Å². The van der Waals surface area contributed by atoms with Gasteiger partial charge < -0.3 is 14.8 Å². The van der Waals surface area contributed by atoms with Crippen LogP contribution in [0.4, 0.5) is 8.78 Å². The van der Waals surface area contributed by atoms with Crippen molar-refractivity contribution in [3.8, 4) is 0 Å². The molecule has 1 unspecified atom stereocenters. The molecule has 0 aromatic heterocycles. The lowest BCUT2D eigenvalue weighted by Gasteiger charge is -2.13. The van der Waals surface area contributed by atoms with Crippen LogP contribution in [0.2, 0.25) is 0 Å². The molecule has 0 fully saturated rings. The summed E-state index contributed by atoms with van der Waals surface area (Å²) >= 11 is 5.80. The highest BCUT2D eigenvalue weighted by Crippen LogP contribution is 2.24. The number of nitrogens with zero attached hydrogens (tertiary/aromatic N) is 1. The third kappa shape index (κ3) is 15.2. The van der Waals surface area contributed by atoms with Gasteiger partial charge in [-0.1, -0.05) is 76.8 Å². The van der Waals surface area contributed by atoms with E-state index in [-0.39, 0.29) is 43.5 Å². The standard InChI is InChI=1S/C27H29ClF2N2O3.2C2H6.CH4/c1-20(28)8-9-22(17-30)19-35-25-7-3-6-23(16-26(25)34-14-11-29)27(33)24-10-13-32-18-21(15-24)5-4-12-31-2;2*1-2;/h3-10,12-13,18,24,32H,11,14-15,17,19H2,1-2H3;2*1-2H3;1H4/b5-4-,20-8+,22-9+,31-12?;;;. The SMILES string of the molecule is C.CC.CC.CN=C/C=C\C1=CNC=CC(C(=O)C2=C=C(OCCF)C(OC/C(=C/C=C(\C)Cl)CF)=CC=C2)C1. The van der Waals surface area contributed by atoms with Gasteiger partial charge in [-0.15, -0.1) is 0 Å². The summed E-state index contributed by atoms with van der Waals surface area (Å²) in [6.07, 6.45) is 19.0. The fourth-order valence-electron chi connectivity index (χ4n) is 3.03. The molecule has 5 nitrogen and oxygen atoms in total. The first-order chi connectivity index (χ1) is 19.0. The molecule has 0 aromatic carbocycles. The Kier molecular flexibility index (Phi) is 23.8. The van der Waals surface area contributed by atoms with Crippen molar-refractivity contribution in [1.29, 1.82) is 0 Å². The second-order valence-corrected chi connectivity index (χ2v) is 8.08. The topological polar surface area (TPSA) is 59.9 Å². The highest BCUT2D eigenvalue weighted by molar-refractivity contribution is 6.29. The van der Waals surface area contributed by atoms with Crippen LogP contribution in [0.1, 0.15) is 48.5 Å². The first kappa shape index (κ1) is 38.7. The highest BCUT2D eigenvalue weighted by Gasteiger charge is 2.22. The normalized spacial score (nSPS) is 16.9. The molecule has 2 aliphatic rings. The van der Waals surface area contributed by atoms with Gasteiger partial charge in [0.05, 0.1) is 5.57 Å². The van der Waals surface area contributed by atoms with Gasteiger partial charge in [0.1, 0.15) is 26.6 Å². The molecule has 1 heterocycles. The summed E-state index contributed by atoms with van der Waals surface area (Å²) in [7, 11) is 1.68. The van der Waals surface area contributed by atoms with Gasteiger partial charge in [-0.3, -0.25) is 9.79 Å². The Morgan fingerprint density at radius 3 is 2.58 bits per heavy atom. The number of alkyl halides is 2. The Morgan fingerprint density at radius 1 is 1.23 bits per heavy atom. The molecule has 1 aliphatic carbocycles. The number of carbonyl (C=O) groups excluding carboxylic acids is 1. The van der Waals surface area contributed by atoms with Gasteiger partial charge in [0.25, 0.3) is 0 Å². The van der Waals surface area contributed by atoms with Gasteiger partial charge in [-0.05, 0) is 55.0 Å². The van der Waals surface area contributed by atoms with Crippen molar-refractivity contribution in [2.45, 2.75) is 48.5 Å². The summed E-state index contributed by atoms with van der Waals surface area (Å²) < 4.78 is 37.4. The minimum atomic E-state index is -0.733. The number of allylic oxidation sites excluding steroid dienone is 10. The minimum absolute atomic E-state index is 0. The van der Waals surface area contributed by atoms with E-state index in [4.69, 9.17) is 21.1 Å². The van der Waals surface area contributed by atoms with Crippen molar-refractivity contribution >= 4 is 23.6 Å². The molecule has 1 atom stereocenters. The van der Waals surface area contributed by atoms with Crippen molar-refractivity contribution in [1.82, 2.24) is 5.32 Å². The Morgan fingerprint density at radius 2 is 1.95 bits per heavy atom. The molecule has 0 spiro atoms. The Hall–Kier alpha value is -3.41. The average molecular weight is 579 g/mol. The predicted octanol–water partition coefficient (Wildman–Crippen LogP) is 8.41. The number of hydrogen-bond donors (Lipinski definition) is 1. The molecule has 222 valence electrons. The van der Waals surface area contributed by atoms with E-state index >= 15 is 0 Å². The largest absolute Gasteiger partial charge is 0.485 e. The monoisotopic (exact) mass is 578 g/mol. The van der Waals surface area contributed by atoms with Crippen molar-refractivity contribution in [2.24, 2.45) is 10.9 Å². The van der Waals surface area contributed by atoms with Crippen LogP contribution in [0.15, 0.2) is 105 Å². The van der Waals surface area contributed by atoms with Gasteiger partial charge in [-0.25, -0.2) is 8.78 Å². The molecule has 2 rings (SSSR count). The van der Waals surface area contributed by atoms with Gasteiger partial charge in [0.2, 0.25) is 5.76 Å². The number of halogens is 3. The first-order valence-corrected chi connectivity index (χ1v) is 13.4. The predicted molar refractivity (Wildman–Crippen MR) is 166 cm³/mol. The van der Waals surface area contributed by atoms with Gasteiger partial charge in [0, 0.05) is 30.4 Å². The zero-order valence-electron chi connectivity index (χ0n) is 23.8. The fraction of sp³-hybridized carbons (Fsp3) is 0.406. The smallest absolute Gasteiger partial charge is 0.205 e. The van der Waals surface area contributed by atoms with Crippen LogP contribution in [-0.2, 0) is 14.3 Å². The van der Waals surface area contributed by atoms with E-state index in [2.05, 4.69) is 16.0 Å². The number of hydrogen-bond acceptors (Lipinski definition) is 5. The van der Waals surface area contributed by atoms with E-state index in [9.17, 15) is 13.6 Å². The van der Waals surface area contributed by atoms with Gasteiger partial charge in [0.15, 0.2) is 11.5 Å². The quantitative estimate of drug-likeness (QED) is 0.143. The van der Waals surface area contributed by atoms with E-state index in [1.54, 1.807) is 62.8 Å². The van der Waals surface area contributed by atoms with Crippen LogP contribution in [0.3, 0.4) is 0 Å². The number of nitrogens with one attached hydrogen (secondary N) is 1. The van der Waals surface area contributed by atoms with Crippen molar-refractivity contribution in [2.75, 3.05) is 33.6 Å². The molecule has 1 N–H and O–H groups in total. The highest BCUT2D eigenvalue weighted by atomic mass is 35.5. The summed E-state index contributed by atoms with van der Waals surface area (Å²) in [5.41, 5.74) is 4.45. The van der Waals surface area contributed by atoms with Gasteiger partial charge >= 0.3 is 0 Å². The Balaban J connectivity index is 0. The lowest BCUT2D eigenvalue weighted by molar-refractivity contribution is -0.117. The van der Waals surface area contributed by atoms with Crippen molar-refractivity contribution in [3.05, 3.63) is 100 Å². The lowest BCUT2D eigenvalue weighted by atomic mass is 9.91. The maximum atomic E-state index is 13.3. The van der Waals surface area contributed by atoms with Gasteiger partial charge in [-0.2, -0.15) is 0 Å². The molecule has 0 saturated carbocycles. The summed E-state index contributed by atoms with van der Waals surface area (Å²) in [5.74, 6) is -0.358. The van der Waals surface area contributed by atoms with Crippen LogP contribution >= 0.6 is 11.6 Å². The van der Waals surface area contributed by atoms with Crippen LogP contribution in [0.25, 0.3) is 0 Å². The molecule has 0 radical (unpaired) electrons. The molecule has 0 saturated heterocycles. The maximum Gasteiger partial charge on any atom is 0.205 e. The Labute approximate surface area is 244 Å². The van der Waals surface area contributed by atoms with Crippen molar-refractivity contribution in [3.63, 3.8) is 0 Å². The second-order valence-electron chi connectivity index (χ2n) is 7.48. The maximum absolute atomic E-state index is 13.3. The Bertz CT molecular complexity index is 1070. The molecule has 8 heteroatoms. The molecule has 0 amide bonds. The fourth-order valence-corrected chi connectivity index (χ4v) is 3.09. The molecule has 0 bridgehead atoms. The first-order valence-electron chi connectivity index (χ1n) is 13.0. The van der Waals surface area contributed by atoms with Crippen LogP contribution in [0.5, 0.6) is 0 Å². The van der Waals surface area contributed by atoms with E-state index in [0.717, 1.165) is 5.57 Å². The summed E-state index contributed by atoms with van der Waals surface area (Å²) in [6, 6.07) is 0. The van der Waals surface area contributed by atoms with E-state index < -0.39 is 19.3 Å². The second kappa shape index (κ2) is 24.6. The number of ether oxygens (including phenoxy) is 2. The molecular formula is C32H45ClF2N2O3. The van der Waals surface area contributed by atoms with Crippen molar-refractivity contribution < 1.29 is 23.0 Å². The number of carbonyl (C=O) groups is 1. The van der Waals surface area contributed by atoms with E-state index in [1.807, 2.05) is 40.0 Å². The number of ketones is 1. The minimum Gasteiger partial charge on any atom is -0.485 e.